The third kappa shape index (κ3) is 2.94. The monoisotopic (exact) mass is 313 g/mol. The maximum absolute atomic E-state index is 11.8. The zero-order valence-corrected chi connectivity index (χ0v) is 12.4. The molecule has 110 valence electrons. The molecule has 0 radical (unpaired) electrons. The van der Waals surface area contributed by atoms with Crippen molar-refractivity contribution in [3.05, 3.63) is 58.0 Å². The number of aryl methyl sites for hydroxylation is 1. The summed E-state index contributed by atoms with van der Waals surface area (Å²) in [5.41, 5.74) is 0.424. The highest BCUT2D eigenvalue weighted by atomic mass is 32.1. The lowest BCUT2D eigenvalue weighted by Gasteiger charge is -1.99. The summed E-state index contributed by atoms with van der Waals surface area (Å²) in [4.78, 5) is 16.0. The minimum Gasteiger partial charge on any atom is -0.507 e. The van der Waals surface area contributed by atoms with Gasteiger partial charge in [-0.25, -0.2) is 9.78 Å². The van der Waals surface area contributed by atoms with E-state index >= 15 is 0 Å². The minimum atomic E-state index is -0.630. The molecule has 7 heteroatoms. The van der Waals surface area contributed by atoms with Crippen LogP contribution in [0.2, 0.25) is 0 Å². The highest BCUT2D eigenvalue weighted by Gasteiger charge is 2.15. The van der Waals surface area contributed by atoms with Crippen LogP contribution in [0, 0.1) is 6.92 Å². The van der Waals surface area contributed by atoms with E-state index in [2.05, 4.69) is 15.2 Å². The smallest absolute Gasteiger partial charge is 0.349 e. The molecule has 0 bridgehead atoms. The SMILES string of the molecule is Cc1cc(O)c(-c2csc(N=Nc3ccccc3)n2)c(=O)o1. The highest BCUT2D eigenvalue weighted by Crippen LogP contribution is 2.31. The first-order chi connectivity index (χ1) is 10.6. The van der Waals surface area contributed by atoms with Crippen LogP contribution in [0.3, 0.4) is 0 Å². The van der Waals surface area contributed by atoms with Gasteiger partial charge in [0.25, 0.3) is 0 Å². The molecular formula is C15H11N3O3S. The van der Waals surface area contributed by atoms with Gasteiger partial charge < -0.3 is 9.52 Å². The predicted molar refractivity (Wildman–Crippen MR) is 83.1 cm³/mol. The molecule has 3 aromatic rings. The van der Waals surface area contributed by atoms with Gasteiger partial charge in [-0.2, -0.15) is 0 Å². The maximum Gasteiger partial charge on any atom is 0.349 e. The van der Waals surface area contributed by atoms with Crippen molar-refractivity contribution in [1.29, 1.82) is 0 Å². The summed E-state index contributed by atoms with van der Waals surface area (Å²) in [7, 11) is 0. The standard InChI is InChI=1S/C15H11N3O3S/c1-9-7-12(19)13(14(20)21-9)11-8-22-15(16-11)18-17-10-5-3-2-4-6-10/h2-8,19H,1H3. The molecule has 2 heterocycles. The van der Waals surface area contributed by atoms with E-state index in [-0.39, 0.29) is 11.3 Å². The Labute approximate surface area is 129 Å². The Morgan fingerprint density at radius 3 is 2.73 bits per heavy atom. The van der Waals surface area contributed by atoms with E-state index in [0.717, 1.165) is 0 Å². The van der Waals surface area contributed by atoms with Crippen molar-refractivity contribution >= 4 is 22.2 Å². The zero-order chi connectivity index (χ0) is 15.5. The van der Waals surface area contributed by atoms with Gasteiger partial charge in [0.2, 0.25) is 5.13 Å². The molecule has 22 heavy (non-hydrogen) atoms. The number of hydrogen-bond acceptors (Lipinski definition) is 7. The van der Waals surface area contributed by atoms with Crippen molar-refractivity contribution in [3.8, 4) is 17.0 Å². The van der Waals surface area contributed by atoms with Gasteiger partial charge in [0, 0.05) is 11.4 Å². The number of azo groups is 1. The normalized spacial score (nSPS) is 11.1. The van der Waals surface area contributed by atoms with Crippen molar-refractivity contribution in [2.75, 3.05) is 0 Å². The highest BCUT2D eigenvalue weighted by molar-refractivity contribution is 7.13. The molecule has 0 aliphatic carbocycles. The molecule has 0 saturated carbocycles. The summed E-state index contributed by atoms with van der Waals surface area (Å²) in [6, 6.07) is 10.6. The first kappa shape index (κ1) is 14.2. The molecule has 0 aliphatic heterocycles. The summed E-state index contributed by atoms with van der Waals surface area (Å²) in [6.45, 7) is 1.59. The Morgan fingerprint density at radius 2 is 2.00 bits per heavy atom. The van der Waals surface area contributed by atoms with Crippen molar-refractivity contribution in [1.82, 2.24) is 4.98 Å². The molecule has 6 nitrogen and oxygen atoms in total. The zero-order valence-electron chi connectivity index (χ0n) is 11.6. The number of nitrogens with zero attached hydrogens (tertiary/aromatic N) is 3. The third-order valence-electron chi connectivity index (χ3n) is 2.81. The number of hydrogen-bond donors (Lipinski definition) is 1. The van der Waals surface area contributed by atoms with Gasteiger partial charge in [-0.3, -0.25) is 0 Å². The lowest BCUT2D eigenvalue weighted by Crippen LogP contribution is -2.03. The molecule has 2 aromatic heterocycles. The molecule has 1 aromatic carbocycles. The molecule has 3 rings (SSSR count). The van der Waals surface area contributed by atoms with Crippen LogP contribution in [0.15, 0.2) is 61.2 Å². The summed E-state index contributed by atoms with van der Waals surface area (Å²) >= 11 is 1.22. The number of thiazole rings is 1. The van der Waals surface area contributed by atoms with Crippen LogP contribution in [-0.2, 0) is 0 Å². The van der Waals surface area contributed by atoms with E-state index in [1.54, 1.807) is 12.3 Å². The Morgan fingerprint density at radius 1 is 1.23 bits per heavy atom. The molecular weight excluding hydrogens is 302 g/mol. The summed E-state index contributed by atoms with van der Waals surface area (Å²) in [5.74, 6) is 0.177. The molecule has 0 unspecified atom stereocenters. The molecule has 1 N–H and O–H groups in total. The van der Waals surface area contributed by atoms with Crippen molar-refractivity contribution < 1.29 is 9.52 Å². The molecule has 0 aliphatic rings. The number of rotatable bonds is 3. The summed E-state index contributed by atoms with van der Waals surface area (Å²) < 4.78 is 4.98. The third-order valence-corrected chi connectivity index (χ3v) is 3.53. The lowest BCUT2D eigenvalue weighted by molar-refractivity contribution is 0.438. The Balaban J connectivity index is 1.92. The van der Waals surface area contributed by atoms with Crippen LogP contribution in [0.25, 0.3) is 11.3 Å². The summed E-state index contributed by atoms with van der Waals surface area (Å²) in [6.07, 6.45) is 0. The fourth-order valence-corrected chi connectivity index (χ4v) is 2.48. The second-order valence-corrected chi connectivity index (χ2v) is 5.29. The van der Waals surface area contributed by atoms with Gasteiger partial charge in [-0.1, -0.05) is 18.2 Å². The molecule has 0 spiro atoms. The van der Waals surface area contributed by atoms with Crippen molar-refractivity contribution in [2.45, 2.75) is 6.92 Å². The van der Waals surface area contributed by atoms with Gasteiger partial charge in [0.15, 0.2) is 0 Å². The van der Waals surface area contributed by atoms with Crippen molar-refractivity contribution in [3.63, 3.8) is 0 Å². The first-order valence-corrected chi connectivity index (χ1v) is 7.28. The summed E-state index contributed by atoms with van der Waals surface area (Å²) in [5, 5.41) is 20.0. The Hall–Kier alpha value is -2.80. The average Bonchev–Trinajstić information content (AvgIpc) is 2.94. The second-order valence-electron chi connectivity index (χ2n) is 4.46. The van der Waals surface area contributed by atoms with Crippen LogP contribution >= 0.6 is 11.3 Å². The van der Waals surface area contributed by atoms with Crippen LogP contribution < -0.4 is 5.63 Å². The van der Waals surface area contributed by atoms with Crippen molar-refractivity contribution in [2.24, 2.45) is 10.2 Å². The number of aromatic nitrogens is 1. The van der Waals surface area contributed by atoms with Crippen LogP contribution in [-0.4, -0.2) is 10.1 Å². The van der Waals surface area contributed by atoms with Gasteiger partial charge in [0.05, 0.1) is 11.4 Å². The van der Waals surface area contributed by atoms with Crippen LogP contribution in [0.4, 0.5) is 10.8 Å². The van der Waals surface area contributed by atoms with Gasteiger partial charge in [-0.05, 0) is 19.1 Å². The lowest BCUT2D eigenvalue weighted by atomic mass is 10.2. The molecule has 0 amide bonds. The van der Waals surface area contributed by atoms with E-state index in [9.17, 15) is 9.90 Å². The van der Waals surface area contributed by atoms with E-state index in [1.165, 1.54) is 17.4 Å². The van der Waals surface area contributed by atoms with Crippen LogP contribution in [0.5, 0.6) is 5.75 Å². The predicted octanol–water partition coefficient (Wildman–Crippen LogP) is 4.19. The molecule has 0 atom stereocenters. The first-order valence-electron chi connectivity index (χ1n) is 6.40. The van der Waals surface area contributed by atoms with Crippen LogP contribution in [0.1, 0.15) is 5.76 Å². The molecule has 0 saturated heterocycles. The van der Waals surface area contributed by atoms with Gasteiger partial charge in [0.1, 0.15) is 17.1 Å². The quantitative estimate of drug-likeness (QED) is 0.734. The number of benzene rings is 1. The number of aromatic hydroxyl groups is 1. The average molecular weight is 313 g/mol. The Bertz CT molecular complexity index is 885. The topological polar surface area (TPSA) is 88.0 Å². The van der Waals surface area contributed by atoms with E-state index in [4.69, 9.17) is 4.42 Å². The second kappa shape index (κ2) is 5.90. The minimum absolute atomic E-state index is 0.0306. The molecule has 0 fully saturated rings. The fraction of sp³-hybridized carbons (Fsp3) is 0.0667. The van der Waals surface area contributed by atoms with E-state index in [1.807, 2.05) is 30.3 Å². The van der Waals surface area contributed by atoms with Gasteiger partial charge >= 0.3 is 5.63 Å². The largest absolute Gasteiger partial charge is 0.507 e. The van der Waals surface area contributed by atoms with E-state index < -0.39 is 5.63 Å². The maximum atomic E-state index is 11.8. The fourth-order valence-electron chi connectivity index (χ4n) is 1.85. The van der Waals surface area contributed by atoms with E-state index in [0.29, 0.717) is 22.3 Å². The Kier molecular flexibility index (Phi) is 3.80. The van der Waals surface area contributed by atoms with Gasteiger partial charge in [-0.15, -0.1) is 21.6 Å².